The number of thiophene rings is 1. The van der Waals surface area contributed by atoms with E-state index in [1.165, 1.54) is 5.56 Å². The molecule has 4 heteroatoms. The van der Waals surface area contributed by atoms with Crippen molar-refractivity contribution < 1.29 is 4.79 Å². The van der Waals surface area contributed by atoms with Gasteiger partial charge in [-0.15, -0.1) is 0 Å². The van der Waals surface area contributed by atoms with Crippen LogP contribution in [0, 0.1) is 0 Å². The molecule has 0 spiro atoms. The van der Waals surface area contributed by atoms with E-state index in [0.29, 0.717) is 12.5 Å². The first-order chi connectivity index (χ1) is 5.70. The highest BCUT2D eigenvalue weighted by atomic mass is 32.1. The minimum absolute atomic E-state index is 0.337. The lowest BCUT2D eigenvalue weighted by atomic mass is 10.1. The number of carbonyl (C=O) groups excluding carboxylic acids is 1. The van der Waals surface area contributed by atoms with Crippen molar-refractivity contribution in [1.29, 1.82) is 0 Å². The van der Waals surface area contributed by atoms with Crippen LogP contribution in [0.3, 0.4) is 0 Å². The topological polar surface area (TPSA) is 55.1 Å². The van der Waals surface area contributed by atoms with Gasteiger partial charge in [0.15, 0.2) is 0 Å². The monoisotopic (exact) mass is 184 g/mol. The number of rotatable bonds is 3. The lowest BCUT2D eigenvalue weighted by molar-refractivity contribution is 0.248. The summed E-state index contributed by atoms with van der Waals surface area (Å²) in [7, 11) is 0. The largest absolute Gasteiger partial charge is 0.352 e. The molecule has 1 aromatic heterocycles. The second kappa shape index (κ2) is 4.11. The number of hydrogen-bond donors (Lipinski definition) is 2. The third-order valence-corrected chi connectivity index (χ3v) is 2.40. The molecule has 1 unspecified atom stereocenters. The van der Waals surface area contributed by atoms with Gasteiger partial charge in [-0.2, -0.15) is 11.3 Å². The smallest absolute Gasteiger partial charge is 0.312 e. The Balaban J connectivity index is 2.39. The minimum atomic E-state index is -0.461. The summed E-state index contributed by atoms with van der Waals surface area (Å²) in [6.45, 7) is 2.66. The molecule has 1 aromatic rings. The normalized spacial score (nSPS) is 12.4. The van der Waals surface area contributed by atoms with Crippen molar-refractivity contribution in [3.05, 3.63) is 22.4 Å². The summed E-state index contributed by atoms with van der Waals surface area (Å²) in [5.41, 5.74) is 6.19. The zero-order chi connectivity index (χ0) is 8.97. The third-order valence-electron chi connectivity index (χ3n) is 1.69. The van der Waals surface area contributed by atoms with Crippen LogP contribution in [0.4, 0.5) is 4.79 Å². The van der Waals surface area contributed by atoms with Crippen LogP contribution in [0.1, 0.15) is 18.4 Å². The molecule has 3 N–H and O–H groups in total. The molecule has 12 heavy (non-hydrogen) atoms. The standard InChI is InChI=1S/C8H12N2OS/c1-6(4-10-8(9)11)7-2-3-12-5-7/h2-3,5-6H,4H2,1H3,(H3,9,10,11). The van der Waals surface area contributed by atoms with E-state index in [-0.39, 0.29) is 0 Å². The highest BCUT2D eigenvalue weighted by molar-refractivity contribution is 7.07. The van der Waals surface area contributed by atoms with Crippen molar-refractivity contribution in [1.82, 2.24) is 5.32 Å². The molecule has 0 fully saturated rings. The molecule has 0 aromatic carbocycles. The molecule has 2 amide bonds. The molecule has 0 aliphatic carbocycles. The van der Waals surface area contributed by atoms with Crippen LogP contribution in [0.15, 0.2) is 16.8 Å². The van der Waals surface area contributed by atoms with E-state index in [1.807, 2.05) is 5.38 Å². The molecule has 1 heterocycles. The summed E-state index contributed by atoms with van der Waals surface area (Å²) >= 11 is 1.66. The van der Waals surface area contributed by atoms with Crippen LogP contribution >= 0.6 is 11.3 Å². The van der Waals surface area contributed by atoms with E-state index in [1.54, 1.807) is 11.3 Å². The predicted octanol–water partition coefficient (Wildman–Crippen LogP) is 1.52. The Morgan fingerprint density at radius 3 is 3.08 bits per heavy atom. The summed E-state index contributed by atoms with van der Waals surface area (Å²) in [4.78, 5) is 10.4. The fourth-order valence-corrected chi connectivity index (χ4v) is 1.71. The van der Waals surface area contributed by atoms with E-state index >= 15 is 0 Å². The van der Waals surface area contributed by atoms with Gasteiger partial charge >= 0.3 is 6.03 Å². The summed E-state index contributed by atoms with van der Waals surface area (Å²) in [6.07, 6.45) is 0. The molecular weight excluding hydrogens is 172 g/mol. The fourth-order valence-electron chi connectivity index (χ4n) is 0.927. The predicted molar refractivity (Wildman–Crippen MR) is 50.3 cm³/mol. The summed E-state index contributed by atoms with van der Waals surface area (Å²) in [5.74, 6) is 0.337. The van der Waals surface area contributed by atoms with Gasteiger partial charge in [0, 0.05) is 6.54 Å². The molecule has 0 saturated carbocycles. The molecule has 3 nitrogen and oxygen atoms in total. The Morgan fingerprint density at radius 2 is 2.58 bits per heavy atom. The van der Waals surface area contributed by atoms with Gasteiger partial charge in [0.2, 0.25) is 0 Å². The van der Waals surface area contributed by atoms with E-state index in [9.17, 15) is 4.79 Å². The molecule has 66 valence electrons. The van der Waals surface area contributed by atoms with Crippen LogP contribution in [0.2, 0.25) is 0 Å². The van der Waals surface area contributed by atoms with Gasteiger partial charge in [-0.25, -0.2) is 4.79 Å². The third kappa shape index (κ3) is 2.54. The fraction of sp³-hybridized carbons (Fsp3) is 0.375. The highest BCUT2D eigenvalue weighted by Crippen LogP contribution is 2.16. The van der Waals surface area contributed by atoms with Crippen molar-refractivity contribution >= 4 is 17.4 Å². The van der Waals surface area contributed by atoms with E-state index in [2.05, 4.69) is 23.7 Å². The Kier molecular flexibility index (Phi) is 3.10. The zero-order valence-corrected chi connectivity index (χ0v) is 7.73. The Labute approximate surface area is 75.6 Å². The first-order valence-electron chi connectivity index (χ1n) is 3.75. The maximum absolute atomic E-state index is 10.4. The van der Waals surface area contributed by atoms with Crippen molar-refractivity contribution in [2.45, 2.75) is 12.8 Å². The first kappa shape index (κ1) is 9.06. The maximum Gasteiger partial charge on any atom is 0.312 e. The number of primary amides is 1. The number of nitrogens with one attached hydrogen (secondary N) is 1. The molecule has 1 atom stereocenters. The van der Waals surface area contributed by atoms with Gasteiger partial charge in [0.25, 0.3) is 0 Å². The van der Waals surface area contributed by atoms with Gasteiger partial charge in [-0.3, -0.25) is 0 Å². The molecular formula is C8H12N2OS. The number of carbonyl (C=O) groups is 1. The van der Waals surface area contributed by atoms with E-state index < -0.39 is 6.03 Å². The van der Waals surface area contributed by atoms with Crippen molar-refractivity contribution in [2.24, 2.45) is 5.73 Å². The Hall–Kier alpha value is -1.03. The van der Waals surface area contributed by atoms with Gasteiger partial charge in [-0.1, -0.05) is 6.92 Å². The molecule has 0 aliphatic heterocycles. The maximum atomic E-state index is 10.4. The molecule has 1 rings (SSSR count). The number of amides is 2. The van der Waals surface area contributed by atoms with Gasteiger partial charge in [0.1, 0.15) is 0 Å². The lowest BCUT2D eigenvalue weighted by Gasteiger charge is -2.08. The summed E-state index contributed by atoms with van der Waals surface area (Å²) in [6, 6.07) is 1.59. The lowest BCUT2D eigenvalue weighted by Crippen LogP contribution is -2.32. The van der Waals surface area contributed by atoms with Crippen LogP contribution < -0.4 is 11.1 Å². The molecule has 0 radical (unpaired) electrons. The van der Waals surface area contributed by atoms with Gasteiger partial charge in [0.05, 0.1) is 0 Å². The Bertz CT molecular complexity index is 246. The van der Waals surface area contributed by atoms with Gasteiger partial charge < -0.3 is 11.1 Å². The number of nitrogens with two attached hydrogens (primary N) is 1. The quantitative estimate of drug-likeness (QED) is 0.735. The Morgan fingerprint density at radius 1 is 1.83 bits per heavy atom. The molecule has 0 saturated heterocycles. The van der Waals surface area contributed by atoms with Crippen LogP contribution in [0.5, 0.6) is 0 Å². The zero-order valence-electron chi connectivity index (χ0n) is 6.91. The van der Waals surface area contributed by atoms with E-state index in [4.69, 9.17) is 5.73 Å². The second-order valence-corrected chi connectivity index (χ2v) is 3.48. The summed E-state index contributed by atoms with van der Waals surface area (Å²) in [5, 5.41) is 6.68. The van der Waals surface area contributed by atoms with Crippen LogP contribution in [-0.2, 0) is 0 Å². The molecule has 0 aliphatic rings. The SMILES string of the molecule is CC(CNC(N)=O)c1ccsc1. The second-order valence-electron chi connectivity index (χ2n) is 2.70. The van der Waals surface area contributed by atoms with Crippen LogP contribution in [0.25, 0.3) is 0 Å². The number of hydrogen-bond acceptors (Lipinski definition) is 2. The number of urea groups is 1. The van der Waals surface area contributed by atoms with Crippen molar-refractivity contribution in [3.8, 4) is 0 Å². The highest BCUT2D eigenvalue weighted by Gasteiger charge is 2.05. The average Bonchev–Trinajstić information content (AvgIpc) is 2.51. The first-order valence-corrected chi connectivity index (χ1v) is 4.70. The van der Waals surface area contributed by atoms with Crippen molar-refractivity contribution in [3.63, 3.8) is 0 Å². The minimum Gasteiger partial charge on any atom is -0.352 e. The van der Waals surface area contributed by atoms with Crippen LogP contribution in [-0.4, -0.2) is 12.6 Å². The van der Waals surface area contributed by atoms with Crippen molar-refractivity contribution in [2.75, 3.05) is 6.54 Å². The average molecular weight is 184 g/mol. The van der Waals surface area contributed by atoms with E-state index in [0.717, 1.165) is 0 Å². The summed E-state index contributed by atoms with van der Waals surface area (Å²) < 4.78 is 0. The van der Waals surface area contributed by atoms with Gasteiger partial charge in [-0.05, 0) is 28.3 Å². The molecule has 0 bridgehead atoms.